The van der Waals surface area contributed by atoms with Crippen LogP contribution in [0.2, 0.25) is 0 Å². The average Bonchev–Trinajstić information content (AvgIpc) is 0.762. The molecule has 0 saturated heterocycles. The van der Waals surface area contributed by atoms with Crippen molar-refractivity contribution in [1.82, 2.24) is 0 Å². The van der Waals surface area contributed by atoms with Gasteiger partial charge in [-0.3, -0.25) is 0 Å². The Morgan fingerprint density at radius 2 is 0.197 bits per heavy atom. The molecule has 14 rings (SSSR count). The standard InChI is InChI=1S/C66H54O6.C54H30O6/c1-37-25-49(26-38(2)61(37)67)13-19-55-56(20-14-50-27-39(3)62(68)40(4)28-50)58(22-16-52-31-43(7)64(70)44(8)32-52)60(24-18-54-35-47(11)66(72)48(12)36-54)59(23-17-53-33-45(9)65(71)46(10)34-53)57(55)21-15-51-29-41(5)63(69)42(6)30-51;55-43-19-1-37(2-20-43)13-31-49-50(32-14-38-3-21-44(56)22-4-38)52(34-16-40-7-25-46(58)26-8-40)54(36-18-42-11-29-48(60)30-12-42)53(35-17-41-9-27-47(59)28-10-41)51(49)33-15-39-5-23-45(57)24-6-39/h25-36,67-72H,1-12H3;1-12,19-30,55-60H. The summed E-state index contributed by atoms with van der Waals surface area (Å²) >= 11 is 0. The van der Waals surface area contributed by atoms with Gasteiger partial charge in [0, 0.05) is 66.8 Å². The molecule has 0 radical (unpaired) electrons. The lowest BCUT2D eigenvalue weighted by atomic mass is 9.86. The Morgan fingerprint density at radius 1 is 0.114 bits per heavy atom. The molecule has 14 aromatic carbocycles. The highest BCUT2D eigenvalue weighted by atomic mass is 16.3. The van der Waals surface area contributed by atoms with Crippen LogP contribution in [0.4, 0.5) is 0 Å². The summed E-state index contributed by atoms with van der Waals surface area (Å²) in [6.07, 6.45) is 0. The first-order valence-electron chi connectivity index (χ1n) is 41.5. The summed E-state index contributed by atoms with van der Waals surface area (Å²) < 4.78 is 0. The minimum Gasteiger partial charge on any atom is -0.508 e. The molecule has 0 heterocycles. The maximum atomic E-state index is 10.8. The highest BCUT2D eigenvalue weighted by molar-refractivity contribution is 5.82. The molecule has 0 aromatic heterocycles. The predicted octanol–water partition coefficient (Wildman–Crippen LogP) is 20.3. The zero-order valence-corrected chi connectivity index (χ0v) is 74.2. The van der Waals surface area contributed by atoms with Crippen LogP contribution >= 0.6 is 0 Å². The molecule has 12 heteroatoms. The van der Waals surface area contributed by atoms with Crippen molar-refractivity contribution < 1.29 is 61.3 Å². The molecule has 12 N–H and O–H groups in total. The minimum atomic E-state index is 0.0802. The van der Waals surface area contributed by atoms with Gasteiger partial charge in [-0.25, -0.2) is 0 Å². The molecule has 0 aliphatic rings. The summed E-state index contributed by atoms with van der Waals surface area (Å²) in [6, 6.07) is 60.3. The van der Waals surface area contributed by atoms with E-state index >= 15 is 0 Å². The second-order valence-electron chi connectivity index (χ2n) is 31.5. The van der Waals surface area contributed by atoms with Gasteiger partial charge in [0.25, 0.3) is 0 Å². The summed E-state index contributed by atoms with van der Waals surface area (Å²) in [4.78, 5) is 0. The zero-order chi connectivity index (χ0) is 94.1. The van der Waals surface area contributed by atoms with Gasteiger partial charge in [-0.05, 0) is 368 Å². The zero-order valence-electron chi connectivity index (χ0n) is 74.2. The Balaban J connectivity index is 0.000000228. The molecule has 0 unspecified atom stereocenters. The maximum Gasteiger partial charge on any atom is 0.121 e. The van der Waals surface area contributed by atoms with E-state index in [2.05, 4.69) is 142 Å². The van der Waals surface area contributed by atoms with Crippen LogP contribution in [0, 0.1) is 225 Å². The normalized spacial score (nSPS) is 9.91. The van der Waals surface area contributed by atoms with E-state index in [1.165, 1.54) is 72.8 Å². The van der Waals surface area contributed by atoms with Crippen LogP contribution in [0.1, 0.15) is 200 Å². The van der Waals surface area contributed by atoms with Crippen LogP contribution in [0.25, 0.3) is 0 Å². The van der Waals surface area contributed by atoms with Gasteiger partial charge < -0.3 is 61.3 Å². The van der Waals surface area contributed by atoms with Gasteiger partial charge in [-0.2, -0.15) is 0 Å². The molecule has 0 bridgehead atoms. The Labute approximate surface area is 769 Å². The number of hydrogen-bond donors (Lipinski definition) is 12. The summed E-state index contributed by atoms with van der Waals surface area (Å²) in [5.41, 5.74) is 19.7. The molecule has 0 fully saturated rings. The van der Waals surface area contributed by atoms with Crippen molar-refractivity contribution in [1.29, 1.82) is 0 Å². The van der Waals surface area contributed by atoms with E-state index in [-0.39, 0.29) is 69.0 Å². The van der Waals surface area contributed by atoms with Crippen molar-refractivity contribution in [3.8, 4) is 211 Å². The van der Waals surface area contributed by atoms with Crippen molar-refractivity contribution in [2.75, 3.05) is 0 Å². The summed E-state index contributed by atoms with van der Waals surface area (Å²) in [6.45, 7) is 21.8. The van der Waals surface area contributed by atoms with Crippen LogP contribution in [0.15, 0.2) is 218 Å². The molecule has 0 saturated carbocycles. The van der Waals surface area contributed by atoms with Gasteiger partial charge in [-0.1, -0.05) is 142 Å². The van der Waals surface area contributed by atoms with Crippen molar-refractivity contribution in [2.24, 2.45) is 0 Å². The van der Waals surface area contributed by atoms with Gasteiger partial charge in [-0.15, -0.1) is 0 Å². The van der Waals surface area contributed by atoms with Gasteiger partial charge in [0.2, 0.25) is 0 Å². The summed E-state index contributed by atoms with van der Waals surface area (Å²) in [5.74, 6) is 81.6. The fourth-order valence-corrected chi connectivity index (χ4v) is 14.1. The van der Waals surface area contributed by atoms with Crippen LogP contribution in [-0.4, -0.2) is 61.3 Å². The Kier molecular flexibility index (Phi) is 28.0. The van der Waals surface area contributed by atoms with E-state index in [1.807, 2.05) is 156 Å². The molecule has 132 heavy (non-hydrogen) atoms. The van der Waals surface area contributed by atoms with Crippen molar-refractivity contribution >= 4 is 0 Å². The molecule has 14 aromatic rings. The fraction of sp³-hybridized carbons (Fsp3) is 0.100. The summed E-state index contributed by atoms with van der Waals surface area (Å²) in [5, 5.41) is 125. The van der Waals surface area contributed by atoms with E-state index in [9.17, 15) is 61.3 Å². The maximum absolute atomic E-state index is 10.8. The number of aromatic hydroxyl groups is 12. The van der Waals surface area contributed by atoms with Crippen LogP contribution in [-0.2, 0) is 0 Å². The first kappa shape index (κ1) is 91.1. The number of hydrogen-bond acceptors (Lipinski definition) is 12. The van der Waals surface area contributed by atoms with E-state index in [1.54, 1.807) is 72.8 Å². The van der Waals surface area contributed by atoms with Gasteiger partial charge in [0.1, 0.15) is 69.0 Å². The first-order chi connectivity index (χ1) is 63.3. The Hall–Kier alpha value is -18.6. The van der Waals surface area contributed by atoms with Gasteiger partial charge >= 0.3 is 0 Å². The fourth-order valence-electron chi connectivity index (χ4n) is 14.1. The molecular weight excluding hydrogens is 1630 g/mol. The largest absolute Gasteiger partial charge is 0.508 e. The first-order valence-corrected chi connectivity index (χ1v) is 41.5. The van der Waals surface area contributed by atoms with Crippen molar-refractivity contribution in [3.05, 3.63) is 419 Å². The molecule has 0 aliphatic heterocycles. The van der Waals surface area contributed by atoms with Gasteiger partial charge in [0.05, 0.1) is 66.8 Å². The molecule has 0 amide bonds. The topological polar surface area (TPSA) is 243 Å². The van der Waals surface area contributed by atoms with E-state index in [0.717, 1.165) is 0 Å². The van der Waals surface area contributed by atoms with E-state index in [0.29, 0.717) is 200 Å². The second-order valence-corrected chi connectivity index (χ2v) is 31.5. The Morgan fingerprint density at radius 3 is 0.288 bits per heavy atom. The van der Waals surface area contributed by atoms with Gasteiger partial charge in [0.15, 0.2) is 0 Å². The van der Waals surface area contributed by atoms with E-state index < -0.39 is 0 Å². The molecule has 12 nitrogen and oxygen atoms in total. The third-order valence-electron chi connectivity index (χ3n) is 21.1. The predicted molar refractivity (Wildman–Crippen MR) is 519 cm³/mol. The number of benzene rings is 14. The highest BCUT2D eigenvalue weighted by Gasteiger charge is 2.24. The molecular formula is C120H84O12. The highest BCUT2D eigenvalue weighted by Crippen LogP contribution is 2.35. The molecule has 636 valence electrons. The lowest BCUT2D eigenvalue weighted by Gasteiger charge is -2.13. The summed E-state index contributed by atoms with van der Waals surface area (Å²) in [7, 11) is 0. The lowest BCUT2D eigenvalue weighted by molar-refractivity contribution is 0.466. The minimum absolute atomic E-state index is 0.0802. The van der Waals surface area contributed by atoms with Crippen molar-refractivity contribution in [3.63, 3.8) is 0 Å². The third-order valence-corrected chi connectivity index (χ3v) is 21.1. The van der Waals surface area contributed by atoms with Crippen molar-refractivity contribution in [2.45, 2.75) is 83.1 Å². The van der Waals surface area contributed by atoms with Crippen LogP contribution in [0.3, 0.4) is 0 Å². The van der Waals surface area contributed by atoms with Crippen LogP contribution < -0.4 is 0 Å². The molecule has 0 aliphatic carbocycles. The molecule has 0 atom stereocenters. The number of phenols is 12. The monoisotopic (exact) mass is 1720 g/mol. The Bertz CT molecular complexity index is 6520. The lowest BCUT2D eigenvalue weighted by Crippen LogP contribution is -2.05. The van der Waals surface area contributed by atoms with E-state index in [4.69, 9.17) is 0 Å². The number of aryl methyl sites for hydroxylation is 12. The second kappa shape index (κ2) is 40.6. The number of phenolic OH excluding ortho intramolecular Hbond substituents is 12. The quantitative estimate of drug-likeness (QED) is 0.0635. The van der Waals surface area contributed by atoms with Crippen LogP contribution in [0.5, 0.6) is 69.0 Å². The number of rotatable bonds is 0. The third kappa shape index (κ3) is 22.5. The smallest absolute Gasteiger partial charge is 0.121 e. The average molecular weight is 1720 g/mol. The SMILES string of the molecule is Cc1cc(C#Cc2c(C#Cc3cc(C)c(O)c(C)c3)c(C#Cc3cc(C)c(O)c(C)c3)c(C#Cc3cc(C)c(O)c(C)c3)c(C#Cc3cc(C)c(O)c(C)c3)c2C#Cc2cc(C)c(O)c(C)c2)cc(C)c1O.Oc1ccc(C#Cc2c(C#Cc3ccc(O)cc3)c(C#Cc3ccc(O)cc3)c(C#Cc3ccc(O)cc3)c(C#Cc3ccc(O)cc3)c2C#Cc2ccc(O)cc2)cc1. The molecule has 0 spiro atoms.